The smallest absolute Gasteiger partial charge is 0.250 e. The summed E-state index contributed by atoms with van der Waals surface area (Å²) in [7, 11) is 1.79. The third-order valence-corrected chi connectivity index (χ3v) is 6.84. The van der Waals surface area contributed by atoms with Crippen molar-refractivity contribution in [3.8, 4) is 0 Å². The molecule has 0 radical (unpaired) electrons. The average Bonchev–Trinajstić information content (AvgIpc) is 3.03. The Morgan fingerprint density at radius 3 is 2.55 bits per heavy atom. The van der Waals surface area contributed by atoms with Crippen LogP contribution in [0.3, 0.4) is 0 Å². The van der Waals surface area contributed by atoms with Crippen molar-refractivity contribution in [1.29, 1.82) is 0 Å². The Hall–Kier alpha value is -2.89. The molecule has 3 aliphatic rings. The van der Waals surface area contributed by atoms with Crippen LogP contribution in [0.25, 0.3) is 0 Å². The van der Waals surface area contributed by atoms with E-state index in [2.05, 4.69) is 0 Å². The highest BCUT2D eigenvalue weighted by Gasteiger charge is 2.46. The molecule has 2 fully saturated rings. The van der Waals surface area contributed by atoms with E-state index in [4.69, 9.17) is 0 Å². The van der Waals surface area contributed by atoms with Crippen LogP contribution in [0.2, 0.25) is 0 Å². The van der Waals surface area contributed by atoms with Crippen LogP contribution in [-0.4, -0.2) is 46.3 Å². The van der Waals surface area contributed by atoms with Crippen molar-refractivity contribution in [3.63, 3.8) is 0 Å². The Morgan fingerprint density at radius 1 is 0.966 bits per heavy atom. The lowest BCUT2D eigenvalue weighted by Gasteiger charge is -2.43. The molecule has 2 bridgehead atoms. The minimum absolute atomic E-state index is 0.0197. The van der Waals surface area contributed by atoms with Gasteiger partial charge in [-0.2, -0.15) is 0 Å². The van der Waals surface area contributed by atoms with Crippen molar-refractivity contribution < 1.29 is 9.59 Å². The summed E-state index contributed by atoms with van der Waals surface area (Å²) in [5.41, 5.74) is 2.09. The van der Waals surface area contributed by atoms with Crippen molar-refractivity contribution >= 4 is 11.8 Å². The van der Waals surface area contributed by atoms with Gasteiger partial charge in [-0.25, -0.2) is 0 Å². The van der Waals surface area contributed by atoms with E-state index < -0.39 is 0 Å². The molecule has 4 atom stereocenters. The highest BCUT2D eigenvalue weighted by molar-refractivity contribution is 5.90. The molecule has 3 aliphatic heterocycles. The van der Waals surface area contributed by atoms with Gasteiger partial charge in [0.25, 0.3) is 5.56 Å². The van der Waals surface area contributed by atoms with Gasteiger partial charge in [0.2, 0.25) is 11.8 Å². The summed E-state index contributed by atoms with van der Waals surface area (Å²) in [5.74, 6) is 0.205. The van der Waals surface area contributed by atoms with E-state index in [0.717, 1.165) is 17.7 Å². The van der Waals surface area contributed by atoms with Crippen molar-refractivity contribution in [2.45, 2.75) is 31.3 Å². The molecule has 1 aromatic carbocycles. The zero-order chi connectivity index (χ0) is 20.1. The Kier molecular flexibility index (Phi) is 4.30. The number of likely N-dealkylation sites (tertiary alicyclic amines) is 2. The number of rotatable bonds is 2. The van der Waals surface area contributed by atoms with E-state index in [1.165, 1.54) is 0 Å². The fraction of sp³-hybridized carbons (Fsp3) is 0.435. The molecule has 2 amide bonds. The molecule has 150 valence electrons. The standard InChI is InChI=1S/C23H25N3O3/c1-24-21(28)11-18(22(24)16-6-3-2-4-7-16)23(29)25-12-15-10-17(14-25)19-8-5-9-20(27)26(19)13-15/h2-9,15,17-18,22H,10-14H2,1H3/t15-,17+,18+,22-/m0/s1. The van der Waals surface area contributed by atoms with Crippen molar-refractivity contribution in [3.05, 3.63) is 70.1 Å². The van der Waals surface area contributed by atoms with E-state index >= 15 is 0 Å². The second-order valence-corrected chi connectivity index (χ2v) is 8.61. The van der Waals surface area contributed by atoms with Crippen LogP contribution in [0.4, 0.5) is 0 Å². The Bertz CT molecular complexity index is 1020. The molecule has 6 heteroatoms. The molecule has 5 rings (SSSR count). The van der Waals surface area contributed by atoms with Crippen LogP contribution in [0.1, 0.15) is 36.1 Å². The van der Waals surface area contributed by atoms with E-state index in [1.54, 1.807) is 18.0 Å². The van der Waals surface area contributed by atoms with Gasteiger partial charge in [0, 0.05) is 50.8 Å². The zero-order valence-corrected chi connectivity index (χ0v) is 16.5. The Balaban J connectivity index is 1.42. The monoisotopic (exact) mass is 391 g/mol. The number of fused-ring (bicyclic) bond motifs is 4. The third kappa shape index (κ3) is 2.98. The minimum Gasteiger partial charge on any atom is -0.341 e. The molecule has 2 aromatic rings. The largest absolute Gasteiger partial charge is 0.341 e. The molecule has 0 N–H and O–H groups in total. The van der Waals surface area contributed by atoms with Crippen molar-refractivity contribution in [2.24, 2.45) is 11.8 Å². The first-order valence-corrected chi connectivity index (χ1v) is 10.3. The maximum absolute atomic E-state index is 13.6. The minimum atomic E-state index is -0.355. The van der Waals surface area contributed by atoms with Gasteiger partial charge in [0.05, 0.1) is 12.0 Å². The van der Waals surface area contributed by atoms with E-state index in [-0.39, 0.29) is 47.6 Å². The molecule has 2 saturated heterocycles. The first-order chi connectivity index (χ1) is 14.0. The number of aromatic nitrogens is 1. The van der Waals surface area contributed by atoms with Crippen LogP contribution in [0.5, 0.6) is 0 Å². The lowest BCUT2D eigenvalue weighted by molar-refractivity contribution is -0.139. The van der Waals surface area contributed by atoms with Crippen molar-refractivity contribution in [2.75, 3.05) is 20.1 Å². The van der Waals surface area contributed by atoms with Crippen LogP contribution < -0.4 is 5.56 Å². The van der Waals surface area contributed by atoms with Crippen LogP contribution in [-0.2, 0) is 16.1 Å². The summed E-state index contributed by atoms with van der Waals surface area (Å²) in [4.78, 5) is 41.9. The third-order valence-electron chi connectivity index (χ3n) is 6.84. The maximum atomic E-state index is 13.6. The maximum Gasteiger partial charge on any atom is 0.250 e. The first-order valence-electron chi connectivity index (χ1n) is 10.3. The summed E-state index contributed by atoms with van der Waals surface area (Å²) >= 11 is 0. The molecular weight excluding hydrogens is 366 g/mol. The van der Waals surface area contributed by atoms with Gasteiger partial charge in [-0.1, -0.05) is 36.4 Å². The number of hydrogen-bond acceptors (Lipinski definition) is 3. The normalized spacial score (nSPS) is 28.4. The van der Waals surface area contributed by atoms with Gasteiger partial charge in [0.15, 0.2) is 0 Å². The number of piperidine rings is 1. The molecule has 6 nitrogen and oxygen atoms in total. The molecule has 0 spiro atoms. The highest BCUT2D eigenvalue weighted by Crippen LogP contribution is 2.41. The van der Waals surface area contributed by atoms with Gasteiger partial charge < -0.3 is 14.4 Å². The summed E-state index contributed by atoms with van der Waals surface area (Å²) < 4.78 is 1.88. The number of hydrogen-bond donors (Lipinski definition) is 0. The summed E-state index contributed by atoms with van der Waals surface area (Å²) in [5, 5.41) is 0. The quantitative estimate of drug-likeness (QED) is 0.787. The van der Waals surface area contributed by atoms with Crippen molar-refractivity contribution in [1.82, 2.24) is 14.4 Å². The lowest BCUT2D eigenvalue weighted by Crippen LogP contribution is -2.51. The predicted molar refractivity (Wildman–Crippen MR) is 108 cm³/mol. The number of nitrogens with zero attached hydrogens (tertiary/aromatic N) is 3. The summed E-state index contributed by atoms with van der Waals surface area (Å²) in [6.45, 7) is 1.95. The highest BCUT2D eigenvalue weighted by atomic mass is 16.2. The molecule has 0 aliphatic carbocycles. The average molecular weight is 391 g/mol. The fourth-order valence-corrected chi connectivity index (χ4v) is 5.51. The molecule has 4 heterocycles. The number of benzene rings is 1. The summed E-state index contributed by atoms with van der Waals surface area (Å²) in [6.07, 6.45) is 1.27. The zero-order valence-electron chi connectivity index (χ0n) is 16.5. The second-order valence-electron chi connectivity index (χ2n) is 8.61. The van der Waals surface area contributed by atoms with E-state index in [0.29, 0.717) is 19.6 Å². The molecular formula is C23H25N3O3. The van der Waals surface area contributed by atoms with Gasteiger partial charge in [-0.3, -0.25) is 14.4 Å². The Morgan fingerprint density at radius 2 is 1.76 bits per heavy atom. The van der Waals surface area contributed by atoms with Crippen LogP contribution >= 0.6 is 0 Å². The van der Waals surface area contributed by atoms with Crippen LogP contribution in [0.15, 0.2) is 53.3 Å². The molecule has 0 saturated carbocycles. The van der Waals surface area contributed by atoms with Gasteiger partial charge in [0.1, 0.15) is 0 Å². The number of pyridine rings is 1. The number of amides is 2. The first kappa shape index (κ1) is 18.2. The van der Waals surface area contributed by atoms with Gasteiger partial charge in [-0.15, -0.1) is 0 Å². The topological polar surface area (TPSA) is 62.6 Å². The van der Waals surface area contributed by atoms with E-state index in [1.807, 2.05) is 51.9 Å². The lowest BCUT2D eigenvalue weighted by atomic mass is 9.82. The second kappa shape index (κ2) is 6.87. The number of carbonyl (C=O) groups is 2. The Labute approximate surface area is 169 Å². The SMILES string of the molecule is CN1C(=O)C[C@@H](C(=O)N2C[C@@H]3C[C@H](C2)c2cccc(=O)n2C3)[C@@H]1c1ccccc1. The molecule has 0 unspecified atom stereocenters. The summed E-state index contributed by atoms with van der Waals surface area (Å²) in [6, 6.07) is 15.1. The fourth-order valence-electron chi connectivity index (χ4n) is 5.51. The van der Waals surface area contributed by atoms with Gasteiger partial charge in [-0.05, 0) is 24.0 Å². The molecule has 29 heavy (non-hydrogen) atoms. The van der Waals surface area contributed by atoms with E-state index in [9.17, 15) is 14.4 Å². The number of carbonyl (C=O) groups excluding carboxylic acids is 2. The molecule has 1 aromatic heterocycles. The predicted octanol–water partition coefficient (Wildman–Crippen LogP) is 2.01. The van der Waals surface area contributed by atoms with Gasteiger partial charge >= 0.3 is 0 Å². The van der Waals surface area contributed by atoms with Crippen LogP contribution in [0, 0.1) is 11.8 Å².